The molecule has 0 fully saturated rings. The van der Waals surface area contributed by atoms with E-state index in [1.165, 1.54) is 0 Å². The first kappa shape index (κ1) is 23.1. The van der Waals surface area contributed by atoms with Gasteiger partial charge in [0.2, 0.25) is 0 Å². The summed E-state index contributed by atoms with van der Waals surface area (Å²) in [4.78, 5) is 27.8. The van der Waals surface area contributed by atoms with Crippen LogP contribution in [-0.2, 0) is 4.79 Å². The van der Waals surface area contributed by atoms with Crippen molar-refractivity contribution in [3.63, 3.8) is 0 Å². The van der Waals surface area contributed by atoms with Gasteiger partial charge in [0.15, 0.2) is 0 Å². The summed E-state index contributed by atoms with van der Waals surface area (Å²) < 4.78 is 31.7. The van der Waals surface area contributed by atoms with Gasteiger partial charge in [0.1, 0.15) is 0 Å². The smallest absolute Gasteiger partial charge is 0.478 e. The molecule has 4 aromatic rings. The van der Waals surface area contributed by atoms with E-state index in [1.807, 2.05) is 48.7 Å². The van der Waals surface area contributed by atoms with Gasteiger partial charge in [-0.3, -0.25) is 4.98 Å². The average Bonchev–Trinajstić information content (AvgIpc) is 3.25. The van der Waals surface area contributed by atoms with Crippen molar-refractivity contribution >= 4 is 22.8 Å². The highest BCUT2D eigenvalue weighted by Crippen LogP contribution is 2.30. The SMILES string of the molecule is O=C(O)C(F)(F)F.O=C(O)c1cccc(C#Cc2ccncc2)c1-c1ccc2cc[nH]c2c1. The zero-order valence-corrected chi connectivity index (χ0v) is 16.7. The van der Waals surface area contributed by atoms with Gasteiger partial charge in [-0.05, 0) is 47.3 Å². The number of H-pyrrole nitrogens is 1. The molecule has 4 rings (SSSR count). The number of aliphatic carboxylic acids is 1. The Labute approximate surface area is 185 Å². The molecular formula is C24H15F3N2O4. The molecule has 0 amide bonds. The molecule has 0 spiro atoms. The number of carbonyl (C=O) groups is 2. The van der Waals surface area contributed by atoms with E-state index in [-0.39, 0.29) is 5.56 Å². The monoisotopic (exact) mass is 452 g/mol. The van der Waals surface area contributed by atoms with Gasteiger partial charge in [0.25, 0.3) is 0 Å². The van der Waals surface area contributed by atoms with E-state index in [9.17, 15) is 23.1 Å². The number of fused-ring (bicyclic) bond motifs is 1. The number of carboxylic acid groups (broad SMARTS) is 2. The average molecular weight is 452 g/mol. The van der Waals surface area contributed by atoms with Crippen molar-refractivity contribution in [3.05, 3.63) is 89.9 Å². The van der Waals surface area contributed by atoms with Gasteiger partial charge in [0, 0.05) is 40.8 Å². The van der Waals surface area contributed by atoms with Crippen LogP contribution in [0.5, 0.6) is 0 Å². The van der Waals surface area contributed by atoms with Crippen LogP contribution in [0.4, 0.5) is 13.2 Å². The molecule has 166 valence electrons. The maximum absolute atomic E-state index is 11.8. The van der Waals surface area contributed by atoms with Crippen LogP contribution in [0.15, 0.2) is 73.2 Å². The number of aromatic nitrogens is 2. The Morgan fingerprint density at radius 1 is 0.939 bits per heavy atom. The minimum atomic E-state index is -5.08. The Bertz CT molecular complexity index is 1370. The fourth-order valence-corrected chi connectivity index (χ4v) is 2.92. The lowest BCUT2D eigenvalue weighted by Gasteiger charge is -2.09. The van der Waals surface area contributed by atoms with Crippen LogP contribution in [0.1, 0.15) is 21.5 Å². The molecule has 6 nitrogen and oxygen atoms in total. The van der Waals surface area contributed by atoms with Crippen LogP contribution in [-0.4, -0.2) is 38.3 Å². The zero-order chi connectivity index (χ0) is 24.0. The van der Waals surface area contributed by atoms with Gasteiger partial charge in [-0.15, -0.1) is 0 Å². The number of pyridine rings is 1. The van der Waals surface area contributed by atoms with E-state index in [4.69, 9.17) is 9.90 Å². The number of halogens is 3. The fraction of sp³-hybridized carbons (Fsp3) is 0.0417. The van der Waals surface area contributed by atoms with Crippen molar-refractivity contribution in [1.82, 2.24) is 9.97 Å². The minimum absolute atomic E-state index is 0.234. The summed E-state index contributed by atoms with van der Waals surface area (Å²) in [5, 5.41) is 17.8. The number of carboxylic acids is 2. The Morgan fingerprint density at radius 3 is 2.27 bits per heavy atom. The lowest BCUT2D eigenvalue weighted by atomic mass is 9.93. The highest BCUT2D eigenvalue weighted by molar-refractivity contribution is 5.99. The third-order valence-corrected chi connectivity index (χ3v) is 4.40. The predicted molar refractivity (Wildman–Crippen MR) is 115 cm³/mol. The summed E-state index contributed by atoms with van der Waals surface area (Å²) >= 11 is 0. The first-order valence-electron chi connectivity index (χ1n) is 9.33. The molecule has 2 heterocycles. The third kappa shape index (κ3) is 5.77. The van der Waals surface area contributed by atoms with Crippen LogP contribution in [0.2, 0.25) is 0 Å². The van der Waals surface area contributed by atoms with E-state index in [2.05, 4.69) is 21.8 Å². The van der Waals surface area contributed by atoms with E-state index < -0.39 is 18.1 Å². The molecule has 0 saturated heterocycles. The van der Waals surface area contributed by atoms with Gasteiger partial charge in [-0.25, -0.2) is 9.59 Å². The maximum Gasteiger partial charge on any atom is 0.490 e. The predicted octanol–water partition coefficient (Wildman–Crippen LogP) is 4.96. The summed E-state index contributed by atoms with van der Waals surface area (Å²) in [5.41, 5.74) is 4.13. The van der Waals surface area contributed by atoms with E-state index in [0.717, 1.165) is 22.0 Å². The van der Waals surface area contributed by atoms with Crippen LogP contribution in [0, 0.1) is 11.8 Å². The number of nitrogens with zero attached hydrogens (tertiary/aromatic N) is 1. The van der Waals surface area contributed by atoms with Crippen molar-refractivity contribution in [3.8, 4) is 23.0 Å². The minimum Gasteiger partial charge on any atom is -0.478 e. The Morgan fingerprint density at radius 2 is 1.64 bits per heavy atom. The molecule has 2 aromatic carbocycles. The molecule has 2 aromatic heterocycles. The van der Waals surface area contributed by atoms with Crippen LogP contribution in [0.25, 0.3) is 22.0 Å². The fourth-order valence-electron chi connectivity index (χ4n) is 2.92. The Hall–Kier alpha value is -4.58. The van der Waals surface area contributed by atoms with Crippen molar-refractivity contribution < 1.29 is 33.0 Å². The van der Waals surface area contributed by atoms with Gasteiger partial charge in [-0.1, -0.05) is 30.0 Å². The van der Waals surface area contributed by atoms with Crippen LogP contribution >= 0.6 is 0 Å². The lowest BCUT2D eigenvalue weighted by Crippen LogP contribution is -2.21. The lowest BCUT2D eigenvalue weighted by molar-refractivity contribution is -0.192. The first-order valence-corrected chi connectivity index (χ1v) is 9.33. The van der Waals surface area contributed by atoms with E-state index in [0.29, 0.717) is 11.1 Å². The molecule has 0 radical (unpaired) electrons. The molecule has 0 bridgehead atoms. The molecule has 0 aliphatic heterocycles. The van der Waals surface area contributed by atoms with Crippen LogP contribution in [0.3, 0.4) is 0 Å². The highest BCUT2D eigenvalue weighted by Gasteiger charge is 2.38. The second-order valence-corrected chi connectivity index (χ2v) is 6.60. The number of hydrogen-bond acceptors (Lipinski definition) is 3. The number of aromatic carboxylic acids is 1. The number of hydrogen-bond donors (Lipinski definition) is 3. The Balaban J connectivity index is 0.000000383. The van der Waals surface area contributed by atoms with Gasteiger partial charge in [-0.2, -0.15) is 13.2 Å². The zero-order valence-electron chi connectivity index (χ0n) is 16.7. The summed E-state index contributed by atoms with van der Waals surface area (Å²) in [7, 11) is 0. The number of nitrogens with one attached hydrogen (secondary N) is 1. The molecule has 0 aliphatic rings. The number of aromatic amines is 1. The van der Waals surface area contributed by atoms with Crippen molar-refractivity contribution in [1.29, 1.82) is 0 Å². The molecule has 0 unspecified atom stereocenters. The van der Waals surface area contributed by atoms with Crippen molar-refractivity contribution in [2.75, 3.05) is 0 Å². The van der Waals surface area contributed by atoms with Gasteiger partial charge in [0.05, 0.1) is 5.56 Å². The summed E-state index contributed by atoms with van der Waals surface area (Å²) in [6.07, 6.45) is 0.136. The Kier molecular flexibility index (Phi) is 6.79. The third-order valence-electron chi connectivity index (χ3n) is 4.40. The first-order chi connectivity index (χ1) is 15.7. The molecule has 9 heteroatoms. The molecule has 3 N–H and O–H groups in total. The normalized spacial score (nSPS) is 10.5. The topological polar surface area (TPSA) is 103 Å². The second kappa shape index (κ2) is 9.70. The highest BCUT2D eigenvalue weighted by atomic mass is 19.4. The van der Waals surface area contributed by atoms with Gasteiger partial charge >= 0.3 is 18.1 Å². The molecule has 0 saturated carbocycles. The molecule has 0 aliphatic carbocycles. The number of benzene rings is 2. The quantitative estimate of drug-likeness (QED) is 0.373. The standard InChI is InChI=1S/C22H14N2O2.C2HF3O2/c25-22(26)19-3-1-2-17(5-4-15-8-11-23-12-9-15)21(19)18-7-6-16-10-13-24-20(16)14-18;3-2(4,5)1(6)7/h1-3,6-14,24H,(H,25,26);(H,6,7). The van der Waals surface area contributed by atoms with Crippen molar-refractivity contribution in [2.24, 2.45) is 0 Å². The number of rotatable bonds is 2. The van der Waals surface area contributed by atoms with E-state index >= 15 is 0 Å². The summed E-state index contributed by atoms with van der Waals surface area (Å²) in [5.74, 6) is 2.46. The molecular weight excluding hydrogens is 437 g/mol. The van der Waals surface area contributed by atoms with Crippen molar-refractivity contribution in [2.45, 2.75) is 6.18 Å². The molecule has 0 atom stereocenters. The number of alkyl halides is 3. The summed E-state index contributed by atoms with van der Waals surface area (Å²) in [6.45, 7) is 0. The van der Waals surface area contributed by atoms with Crippen LogP contribution < -0.4 is 0 Å². The second-order valence-electron chi connectivity index (χ2n) is 6.60. The largest absolute Gasteiger partial charge is 0.490 e. The van der Waals surface area contributed by atoms with E-state index in [1.54, 1.807) is 24.5 Å². The summed E-state index contributed by atoms with van der Waals surface area (Å²) in [6, 6.07) is 16.6. The maximum atomic E-state index is 11.8. The van der Waals surface area contributed by atoms with Gasteiger partial charge < -0.3 is 15.2 Å². The molecule has 33 heavy (non-hydrogen) atoms.